The number of rotatable bonds is 6. The highest BCUT2D eigenvalue weighted by Crippen LogP contribution is 2.26. The maximum Gasteiger partial charge on any atom is 0.279 e. The summed E-state index contributed by atoms with van der Waals surface area (Å²) in [6.45, 7) is 3.94. The van der Waals surface area contributed by atoms with Crippen LogP contribution in [0.1, 0.15) is 21.6 Å². The van der Waals surface area contributed by atoms with Crippen LogP contribution in [0.15, 0.2) is 34.9 Å². The van der Waals surface area contributed by atoms with Gasteiger partial charge < -0.3 is 11.1 Å². The fourth-order valence-electron chi connectivity index (χ4n) is 2.27. The van der Waals surface area contributed by atoms with Gasteiger partial charge in [-0.25, -0.2) is 9.97 Å². The molecule has 2 heterocycles. The highest BCUT2D eigenvalue weighted by atomic mass is 32.2. The average Bonchev–Trinajstić information content (AvgIpc) is 3.10. The zero-order chi connectivity index (χ0) is 20.1. The molecule has 9 nitrogen and oxygen atoms in total. The van der Waals surface area contributed by atoms with E-state index >= 15 is 0 Å². The average molecular weight is 416 g/mol. The van der Waals surface area contributed by atoms with Crippen molar-refractivity contribution in [2.75, 3.05) is 22.1 Å². The minimum atomic E-state index is -0.522. The van der Waals surface area contributed by atoms with E-state index in [1.807, 2.05) is 32.0 Å². The summed E-state index contributed by atoms with van der Waals surface area (Å²) in [6.07, 6.45) is 2.77. The summed E-state index contributed by atoms with van der Waals surface area (Å²) in [4.78, 5) is 32.0. The minimum Gasteiger partial charge on any atom is -0.382 e. The van der Waals surface area contributed by atoms with Crippen molar-refractivity contribution in [3.63, 3.8) is 0 Å². The van der Waals surface area contributed by atoms with Crippen LogP contribution in [-0.2, 0) is 4.79 Å². The van der Waals surface area contributed by atoms with Gasteiger partial charge in [-0.05, 0) is 25.5 Å². The first-order valence-corrected chi connectivity index (χ1v) is 9.94. The molecule has 0 unspecified atom stereocenters. The molecule has 0 spiro atoms. The van der Waals surface area contributed by atoms with Gasteiger partial charge in [0.05, 0.1) is 5.75 Å². The number of nitrogen functional groups attached to an aromatic ring is 1. The number of amides is 2. The highest BCUT2D eigenvalue weighted by Gasteiger charge is 2.15. The van der Waals surface area contributed by atoms with E-state index < -0.39 is 5.91 Å². The smallest absolute Gasteiger partial charge is 0.279 e. The van der Waals surface area contributed by atoms with Gasteiger partial charge in [0, 0.05) is 18.1 Å². The molecule has 4 N–H and O–H groups in total. The van der Waals surface area contributed by atoms with E-state index in [2.05, 4.69) is 30.8 Å². The van der Waals surface area contributed by atoms with Crippen molar-refractivity contribution >= 4 is 51.5 Å². The Kier molecular flexibility index (Phi) is 6.16. The third-order valence-corrected chi connectivity index (χ3v) is 5.52. The number of hydrogen-bond donors (Lipinski definition) is 3. The number of carbonyl (C=O) groups is 2. The molecular weight excluding hydrogens is 398 g/mol. The Bertz CT molecular complexity index is 1020. The van der Waals surface area contributed by atoms with Crippen molar-refractivity contribution < 1.29 is 9.59 Å². The largest absolute Gasteiger partial charge is 0.382 e. The maximum atomic E-state index is 12.2. The SMILES string of the molecule is Cc1ccc(NC(=O)CSc2nnc(NC(=O)c3nccnc3N)s2)c(C)c1. The van der Waals surface area contributed by atoms with Crippen LogP contribution < -0.4 is 16.4 Å². The second kappa shape index (κ2) is 8.76. The second-order valence-corrected chi connectivity index (χ2v) is 7.97. The molecule has 0 fully saturated rings. The predicted molar refractivity (Wildman–Crippen MR) is 110 cm³/mol. The Morgan fingerprint density at radius 3 is 2.68 bits per heavy atom. The lowest BCUT2D eigenvalue weighted by atomic mass is 10.1. The summed E-state index contributed by atoms with van der Waals surface area (Å²) in [5.74, 6) is -0.467. The van der Waals surface area contributed by atoms with Crippen LogP contribution in [0.25, 0.3) is 0 Å². The minimum absolute atomic E-state index is 0.0137. The van der Waals surface area contributed by atoms with Crippen LogP contribution in [0, 0.1) is 13.8 Å². The molecule has 1 aromatic carbocycles. The molecule has 144 valence electrons. The number of carbonyl (C=O) groups excluding carboxylic acids is 2. The van der Waals surface area contributed by atoms with Gasteiger partial charge >= 0.3 is 0 Å². The van der Waals surface area contributed by atoms with Crippen LogP contribution in [0.3, 0.4) is 0 Å². The first kappa shape index (κ1) is 19.7. The number of hydrogen-bond acceptors (Lipinski definition) is 9. The normalized spacial score (nSPS) is 10.5. The van der Waals surface area contributed by atoms with Crippen LogP contribution in [0.5, 0.6) is 0 Å². The lowest BCUT2D eigenvalue weighted by molar-refractivity contribution is -0.113. The molecule has 0 radical (unpaired) electrons. The molecule has 28 heavy (non-hydrogen) atoms. The van der Waals surface area contributed by atoms with Crippen molar-refractivity contribution in [3.05, 3.63) is 47.4 Å². The van der Waals surface area contributed by atoms with Gasteiger partial charge in [0.25, 0.3) is 5.91 Å². The van der Waals surface area contributed by atoms with E-state index in [1.165, 1.54) is 24.2 Å². The van der Waals surface area contributed by atoms with Gasteiger partial charge in [0.2, 0.25) is 11.0 Å². The van der Waals surface area contributed by atoms with Gasteiger partial charge in [-0.1, -0.05) is 40.8 Å². The molecule has 0 aliphatic heterocycles. The zero-order valence-corrected chi connectivity index (χ0v) is 16.7. The third-order valence-electron chi connectivity index (χ3n) is 3.55. The monoisotopic (exact) mass is 415 g/mol. The number of benzene rings is 1. The fourth-order valence-corrected chi connectivity index (χ4v) is 3.81. The van der Waals surface area contributed by atoms with E-state index in [0.29, 0.717) is 4.34 Å². The maximum absolute atomic E-state index is 12.2. The number of thioether (sulfide) groups is 1. The lowest BCUT2D eigenvalue weighted by Crippen LogP contribution is -2.16. The Balaban J connectivity index is 1.54. The Morgan fingerprint density at radius 1 is 1.14 bits per heavy atom. The molecule has 0 saturated carbocycles. The van der Waals surface area contributed by atoms with Crippen LogP contribution in [0.2, 0.25) is 0 Å². The number of aromatic nitrogens is 4. The van der Waals surface area contributed by atoms with E-state index in [4.69, 9.17) is 5.73 Å². The summed E-state index contributed by atoms with van der Waals surface area (Å²) in [5.41, 5.74) is 8.56. The quantitative estimate of drug-likeness (QED) is 0.413. The molecule has 0 aliphatic carbocycles. The summed E-state index contributed by atoms with van der Waals surface area (Å²) in [6, 6.07) is 5.83. The van der Waals surface area contributed by atoms with Crippen LogP contribution in [-0.4, -0.2) is 37.7 Å². The van der Waals surface area contributed by atoms with Crippen LogP contribution in [0.4, 0.5) is 16.6 Å². The zero-order valence-electron chi connectivity index (χ0n) is 15.1. The third kappa shape index (κ3) is 5.02. The van der Waals surface area contributed by atoms with E-state index in [0.717, 1.165) is 28.2 Å². The van der Waals surface area contributed by atoms with E-state index in [9.17, 15) is 9.59 Å². The number of nitrogens with zero attached hydrogens (tertiary/aromatic N) is 4. The lowest BCUT2D eigenvalue weighted by Gasteiger charge is -2.08. The van der Waals surface area contributed by atoms with E-state index in [-0.39, 0.29) is 28.3 Å². The predicted octanol–water partition coefficient (Wildman–Crippen LogP) is 2.51. The molecular formula is C17H17N7O2S2. The van der Waals surface area contributed by atoms with Gasteiger partial charge in [0.15, 0.2) is 15.9 Å². The van der Waals surface area contributed by atoms with Crippen molar-refractivity contribution in [1.82, 2.24) is 20.2 Å². The second-order valence-electron chi connectivity index (χ2n) is 5.77. The van der Waals surface area contributed by atoms with Crippen molar-refractivity contribution in [2.45, 2.75) is 18.2 Å². The molecule has 3 aromatic rings. The Labute approximate surface area is 169 Å². The first-order chi connectivity index (χ1) is 13.4. The molecule has 11 heteroatoms. The fraction of sp³-hybridized carbons (Fsp3) is 0.176. The summed E-state index contributed by atoms with van der Waals surface area (Å²) >= 11 is 2.39. The van der Waals surface area contributed by atoms with Crippen molar-refractivity contribution in [3.8, 4) is 0 Å². The van der Waals surface area contributed by atoms with Gasteiger partial charge in [0.1, 0.15) is 0 Å². The number of anilines is 3. The van der Waals surface area contributed by atoms with Gasteiger partial charge in [-0.3, -0.25) is 14.9 Å². The molecule has 0 aliphatic rings. The number of aryl methyl sites for hydroxylation is 2. The summed E-state index contributed by atoms with van der Waals surface area (Å²) in [7, 11) is 0. The molecule has 2 amide bonds. The molecule has 3 rings (SSSR count). The molecule has 0 atom stereocenters. The molecule has 2 aromatic heterocycles. The topological polar surface area (TPSA) is 136 Å². The van der Waals surface area contributed by atoms with Gasteiger partial charge in [-0.2, -0.15) is 0 Å². The van der Waals surface area contributed by atoms with E-state index in [1.54, 1.807) is 0 Å². The standard InChI is InChI=1S/C17H17N7O2S2/c1-9-3-4-11(10(2)7-9)21-12(25)8-27-17-24-23-16(28-17)22-15(26)13-14(18)20-6-5-19-13/h3-7H,8H2,1-2H3,(H2,18,20)(H,21,25)(H,22,23,26). The Morgan fingerprint density at radius 2 is 1.93 bits per heavy atom. The van der Waals surface area contributed by atoms with Crippen LogP contribution >= 0.6 is 23.1 Å². The highest BCUT2D eigenvalue weighted by molar-refractivity contribution is 8.01. The Hall–Kier alpha value is -3.05. The number of nitrogens with two attached hydrogens (primary N) is 1. The number of nitrogens with one attached hydrogen (secondary N) is 2. The summed E-state index contributed by atoms with van der Waals surface area (Å²) < 4.78 is 0.554. The molecule has 0 bridgehead atoms. The summed E-state index contributed by atoms with van der Waals surface area (Å²) in [5, 5.41) is 13.6. The van der Waals surface area contributed by atoms with Crippen molar-refractivity contribution in [1.29, 1.82) is 0 Å². The van der Waals surface area contributed by atoms with Crippen molar-refractivity contribution in [2.24, 2.45) is 0 Å². The van der Waals surface area contributed by atoms with Gasteiger partial charge in [-0.15, -0.1) is 10.2 Å². The molecule has 0 saturated heterocycles. The first-order valence-electron chi connectivity index (χ1n) is 8.13.